The van der Waals surface area contributed by atoms with Gasteiger partial charge in [0.05, 0.1) is 0 Å². The van der Waals surface area contributed by atoms with Crippen LogP contribution in [0.3, 0.4) is 0 Å². The fraction of sp³-hybridized carbons (Fsp3) is 0.400. The SMILES string of the molecule is Cc1nccc(OC2CCN(C(=O)c3ncccn3)CC2)n1. The molecule has 1 fully saturated rings. The molecule has 0 N–H and O–H groups in total. The minimum absolute atomic E-state index is 0.0649. The maximum absolute atomic E-state index is 12.2. The summed E-state index contributed by atoms with van der Waals surface area (Å²) < 4.78 is 5.85. The number of rotatable bonds is 3. The lowest BCUT2D eigenvalue weighted by atomic mass is 10.1. The number of hydrogen-bond acceptors (Lipinski definition) is 6. The van der Waals surface area contributed by atoms with Gasteiger partial charge in [0.25, 0.3) is 5.91 Å². The molecule has 1 saturated heterocycles. The lowest BCUT2D eigenvalue weighted by Crippen LogP contribution is -2.42. The molecule has 0 unspecified atom stereocenters. The number of aryl methyl sites for hydroxylation is 1. The van der Waals surface area contributed by atoms with Crippen LogP contribution < -0.4 is 4.74 Å². The highest BCUT2D eigenvalue weighted by atomic mass is 16.5. The molecule has 2 aromatic heterocycles. The predicted molar refractivity (Wildman–Crippen MR) is 78.4 cm³/mol. The van der Waals surface area contributed by atoms with Gasteiger partial charge in [0.1, 0.15) is 11.9 Å². The maximum Gasteiger partial charge on any atom is 0.291 e. The number of carbonyl (C=O) groups is 1. The normalized spacial score (nSPS) is 15.6. The average molecular weight is 299 g/mol. The third-order valence-corrected chi connectivity index (χ3v) is 3.52. The summed E-state index contributed by atoms with van der Waals surface area (Å²) in [7, 11) is 0. The van der Waals surface area contributed by atoms with Crippen molar-refractivity contribution in [3.05, 3.63) is 42.4 Å². The van der Waals surface area contributed by atoms with Crippen molar-refractivity contribution in [1.29, 1.82) is 0 Å². The van der Waals surface area contributed by atoms with Crippen molar-refractivity contribution in [2.45, 2.75) is 25.9 Å². The molecule has 1 amide bonds. The van der Waals surface area contributed by atoms with Gasteiger partial charge in [-0.2, -0.15) is 4.98 Å². The van der Waals surface area contributed by atoms with Crippen LogP contribution >= 0.6 is 0 Å². The van der Waals surface area contributed by atoms with Gasteiger partial charge in [0.15, 0.2) is 0 Å². The van der Waals surface area contributed by atoms with Crippen LogP contribution in [0.2, 0.25) is 0 Å². The number of ether oxygens (including phenoxy) is 1. The summed E-state index contributed by atoms with van der Waals surface area (Å²) in [6.07, 6.45) is 6.43. The Hall–Kier alpha value is -2.57. The molecule has 3 rings (SSSR count). The van der Waals surface area contributed by atoms with Crippen LogP contribution in [0.25, 0.3) is 0 Å². The van der Waals surface area contributed by atoms with E-state index in [-0.39, 0.29) is 17.8 Å². The van der Waals surface area contributed by atoms with Crippen LogP contribution in [0.1, 0.15) is 29.3 Å². The Morgan fingerprint density at radius 3 is 2.59 bits per heavy atom. The van der Waals surface area contributed by atoms with E-state index in [0.717, 1.165) is 12.8 Å². The summed E-state index contributed by atoms with van der Waals surface area (Å²) in [5.41, 5.74) is 0. The van der Waals surface area contributed by atoms with Crippen molar-refractivity contribution in [1.82, 2.24) is 24.8 Å². The van der Waals surface area contributed by atoms with Crippen molar-refractivity contribution in [3.8, 4) is 5.88 Å². The zero-order valence-corrected chi connectivity index (χ0v) is 12.3. The zero-order chi connectivity index (χ0) is 15.4. The van der Waals surface area contributed by atoms with Gasteiger partial charge in [-0.05, 0) is 13.0 Å². The fourth-order valence-electron chi connectivity index (χ4n) is 2.40. The topological polar surface area (TPSA) is 81.1 Å². The smallest absolute Gasteiger partial charge is 0.291 e. The lowest BCUT2D eigenvalue weighted by molar-refractivity contribution is 0.0576. The number of piperidine rings is 1. The molecule has 3 heterocycles. The monoisotopic (exact) mass is 299 g/mol. The summed E-state index contributed by atoms with van der Waals surface area (Å²) in [5, 5.41) is 0. The van der Waals surface area contributed by atoms with Crippen LogP contribution in [0, 0.1) is 6.92 Å². The van der Waals surface area contributed by atoms with Crippen LogP contribution in [-0.4, -0.2) is 49.9 Å². The van der Waals surface area contributed by atoms with E-state index in [4.69, 9.17) is 4.74 Å². The minimum atomic E-state index is -0.128. The molecule has 1 aliphatic heterocycles. The molecule has 0 radical (unpaired) electrons. The maximum atomic E-state index is 12.2. The third-order valence-electron chi connectivity index (χ3n) is 3.52. The van der Waals surface area contributed by atoms with Gasteiger partial charge in [-0.25, -0.2) is 15.0 Å². The molecule has 0 bridgehead atoms. The number of aromatic nitrogens is 4. The van der Waals surface area contributed by atoms with E-state index in [1.807, 2.05) is 6.92 Å². The van der Waals surface area contributed by atoms with E-state index in [0.29, 0.717) is 24.8 Å². The van der Waals surface area contributed by atoms with Gasteiger partial charge in [0, 0.05) is 50.6 Å². The van der Waals surface area contributed by atoms with Crippen LogP contribution in [0.5, 0.6) is 5.88 Å². The van der Waals surface area contributed by atoms with Gasteiger partial charge in [-0.15, -0.1) is 0 Å². The molecule has 114 valence electrons. The van der Waals surface area contributed by atoms with Gasteiger partial charge in [-0.1, -0.05) is 0 Å². The van der Waals surface area contributed by atoms with Crippen molar-refractivity contribution < 1.29 is 9.53 Å². The summed E-state index contributed by atoms with van der Waals surface area (Å²) in [4.78, 5) is 30.3. The average Bonchev–Trinajstić information content (AvgIpc) is 2.56. The third kappa shape index (κ3) is 3.36. The van der Waals surface area contributed by atoms with E-state index in [9.17, 15) is 4.79 Å². The molecule has 0 atom stereocenters. The van der Waals surface area contributed by atoms with Crippen LogP contribution in [0.4, 0.5) is 0 Å². The zero-order valence-electron chi connectivity index (χ0n) is 12.3. The molecule has 1 aliphatic rings. The van der Waals surface area contributed by atoms with Gasteiger partial charge in [0.2, 0.25) is 11.7 Å². The molecule has 0 aromatic carbocycles. The standard InChI is InChI=1S/C15H17N5O2/c1-11-16-8-3-13(19-11)22-12-4-9-20(10-5-12)15(21)14-17-6-2-7-18-14/h2-3,6-8,12H,4-5,9-10H2,1H3. The Bertz CT molecular complexity index is 641. The second-order valence-electron chi connectivity index (χ2n) is 5.12. The minimum Gasteiger partial charge on any atom is -0.474 e. The first-order valence-electron chi connectivity index (χ1n) is 7.25. The van der Waals surface area contributed by atoms with Gasteiger partial charge < -0.3 is 9.64 Å². The molecule has 0 saturated carbocycles. The Kier molecular flexibility index (Phi) is 4.22. The van der Waals surface area contributed by atoms with Crippen molar-refractivity contribution in [2.24, 2.45) is 0 Å². The molecular weight excluding hydrogens is 282 g/mol. The Labute approximate surface area is 128 Å². The number of nitrogens with zero attached hydrogens (tertiary/aromatic N) is 5. The molecular formula is C15H17N5O2. The largest absolute Gasteiger partial charge is 0.474 e. The highest BCUT2D eigenvalue weighted by molar-refractivity contribution is 5.90. The van der Waals surface area contributed by atoms with Crippen LogP contribution in [0.15, 0.2) is 30.7 Å². The summed E-state index contributed by atoms with van der Waals surface area (Å²) in [6.45, 7) is 3.09. The second kappa shape index (κ2) is 6.46. The molecule has 7 nitrogen and oxygen atoms in total. The number of amides is 1. The summed E-state index contributed by atoms with van der Waals surface area (Å²) >= 11 is 0. The first-order chi connectivity index (χ1) is 10.7. The van der Waals surface area contributed by atoms with Gasteiger partial charge in [-0.3, -0.25) is 4.79 Å². The highest BCUT2D eigenvalue weighted by Gasteiger charge is 2.26. The second-order valence-corrected chi connectivity index (χ2v) is 5.12. The fourth-order valence-corrected chi connectivity index (χ4v) is 2.40. The Morgan fingerprint density at radius 2 is 1.91 bits per heavy atom. The van der Waals surface area contributed by atoms with E-state index in [2.05, 4.69) is 19.9 Å². The van der Waals surface area contributed by atoms with Crippen LogP contribution in [-0.2, 0) is 0 Å². The quantitative estimate of drug-likeness (QED) is 0.848. The Morgan fingerprint density at radius 1 is 1.18 bits per heavy atom. The van der Waals surface area contributed by atoms with Crippen molar-refractivity contribution in [3.63, 3.8) is 0 Å². The number of hydrogen-bond donors (Lipinski definition) is 0. The lowest BCUT2D eigenvalue weighted by Gasteiger charge is -2.31. The van der Waals surface area contributed by atoms with Gasteiger partial charge >= 0.3 is 0 Å². The molecule has 0 spiro atoms. The number of carbonyl (C=O) groups excluding carboxylic acids is 1. The van der Waals surface area contributed by atoms with E-state index in [1.54, 1.807) is 35.6 Å². The first kappa shape index (κ1) is 14.4. The summed E-state index contributed by atoms with van der Waals surface area (Å²) in [6, 6.07) is 3.45. The van der Waals surface area contributed by atoms with Crippen molar-refractivity contribution in [2.75, 3.05) is 13.1 Å². The van der Waals surface area contributed by atoms with E-state index >= 15 is 0 Å². The first-order valence-corrected chi connectivity index (χ1v) is 7.25. The molecule has 0 aliphatic carbocycles. The summed E-state index contributed by atoms with van der Waals surface area (Å²) in [5.74, 6) is 1.39. The van der Waals surface area contributed by atoms with Crippen molar-refractivity contribution >= 4 is 5.91 Å². The predicted octanol–water partition coefficient (Wildman–Crippen LogP) is 1.26. The highest BCUT2D eigenvalue weighted by Crippen LogP contribution is 2.18. The molecule has 22 heavy (non-hydrogen) atoms. The molecule has 7 heteroatoms. The number of likely N-dealkylation sites (tertiary alicyclic amines) is 1. The van der Waals surface area contributed by atoms with E-state index < -0.39 is 0 Å². The van der Waals surface area contributed by atoms with E-state index in [1.165, 1.54) is 0 Å². The molecule has 2 aromatic rings. The Balaban J connectivity index is 1.55.